The van der Waals surface area contributed by atoms with Gasteiger partial charge in [-0.1, -0.05) is 6.92 Å². The van der Waals surface area contributed by atoms with E-state index in [9.17, 15) is 8.78 Å². The summed E-state index contributed by atoms with van der Waals surface area (Å²) in [7, 11) is 0. The molecule has 2 atom stereocenters. The average molecular weight is 243 g/mol. The van der Waals surface area contributed by atoms with E-state index in [0.717, 1.165) is 18.9 Å². The number of ether oxygens (including phenoxy) is 1. The molecule has 1 fully saturated rings. The highest BCUT2D eigenvalue weighted by atomic mass is 19.3. The van der Waals surface area contributed by atoms with Crippen molar-refractivity contribution in [2.75, 3.05) is 18.0 Å². The third-order valence-corrected chi connectivity index (χ3v) is 2.94. The summed E-state index contributed by atoms with van der Waals surface area (Å²) in [6.45, 7) is 0.841. The molecule has 2 rings (SSSR count). The Bertz CT molecular complexity index is 361. The Kier molecular flexibility index (Phi) is 3.42. The number of aromatic nitrogens is 1. The number of hydrogen-bond acceptors (Lipinski definition) is 4. The van der Waals surface area contributed by atoms with E-state index in [1.165, 1.54) is 12.3 Å². The van der Waals surface area contributed by atoms with Gasteiger partial charge in [-0.05, 0) is 18.1 Å². The van der Waals surface area contributed by atoms with E-state index in [1.54, 1.807) is 6.07 Å². The monoisotopic (exact) mass is 243 g/mol. The molecule has 1 aromatic rings. The molecule has 17 heavy (non-hydrogen) atoms. The van der Waals surface area contributed by atoms with Crippen molar-refractivity contribution >= 4 is 5.82 Å². The van der Waals surface area contributed by atoms with Crippen molar-refractivity contribution in [3.8, 4) is 5.75 Å². The molecule has 0 radical (unpaired) electrons. The maximum Gasteiger partial charge on any atom is 0.387 e. The van der Waals surface area contributed by atoms with Crippen molar-refractivity contribution in [3.63, 3.8) is 0 Å². The van der Waals surface area contributed by atoms with Gasteiger partial charge in [0, 0.05) is 19.1 Å². The molecular formula is C11H15F2N3O. The molecule has 0 bridgehead atoms. The highest BCUT2D eigenvalue weighted by molar-refractivity contribution is 5.42. The van der Waals surface area contributed by atoms with Crippen molar-refractivity contribution < 1.29 is 13.5 Å². The summed E-state index contributed by atoms with van der Waals surface area (Å²) in [6.07, 6.45) is 1.30. The van der Waals surface area contributed by atoms with E-state index in [0.29, 0.717) is 5.92 Å². The summed E-state index contributed by atoms with van der Waals surface area (Å²) in [5.41, 5.74) is 5.91. The van der Waals surface area contributed by atoms with Crippen LogP contribution < -0.4 is 15.4 Å². The zero-order valence-electron chi connectivity index (χ0n) is 9.51. The van der Waals surface area contributed by atoms with Crippen LogP contribution in [-0.2, 0) is 0 Å². The van der Waals surface area contributed by atoms with Crippen LogP contribution in [0.1, 0.15) is 6.92 Å². The molecule has 2 unspecified atom stereocenters. The van der Waals surface area contributed by atoms with Gasteiger partial charge in [-0.2, -0.15) is 8.78 Å². The van der Waals surface area contributed by atoms with Crippen LogP contribution in [0.5, 0.6) is 5.75 Å². The Balaban J connectivity index is 2.03. The lowest BCUT2D eigenvalue weighted by Gasteiger charge is -2.17. The predicted octanol–water partition coefficient (Wildman–Crippen LogP) is 1.47. The summed E-state index contributed by atoms with van der Waals surface area (Å²) in [6, 6.07) is 3.29. The lowest BCUT2D eigenvalue weighted by molar-refractivity contribution is -0.0500. The lowest BCUT2D eigenvalue weighted by Crippen LogP contribution is -2.28. The number of anilines is 1. The maximum atomic E-state index is 11.9. The van der Waals surface area contributed by atoms with E-state index < -0.39 is 6.61 Å². The molecule has 4 nitrogen and oxygen atoms in total. The van der Waals surface area contributed by atoms with E-state index in [2.05, 4.69) is 16.6 Å². The summed E-state index contributed by atoms with van der Waals surface area (Å²) in [5, 5.41) is 0. The molecule has 2 N–H and O–H groups in total. The van der Waals surface area contributed by atoms with Gasteiger partial charge in [-0.25, -0.2) is 4.98 Å². The Morgan fingerprint density at radius 1 is 1.47 bits per heavy atom. The van der Waals surface area contributed by atoms with Crippen LogP contribution >= 0.6 is 0 Å². The smallest absolute Gasteiger partial charge is 0.387 e. The molecule has 1 aromatic heterocycles. The molecular weight excluding hydrogens is 228 g/mol. The second-order valence-corrected chi connectivity index (χ2v) is 4.28. The molecule has 1 aliphatic heterocycles. The fraction of sp³-hybridized carbons (Fsp3) is 0.545. The second-order valence-electron chi connectivity index (χ2n) is 4.28. The number of nitrogens with zero attached hydrogens (tertiary/aromatic N) is 2. The Hall–Kier alpha value is -1.43. The van der Waals surface area contributed by atoms with E-state index in [-0.39, 0.29) is 11.8 Å². The molecule has 1 aliphatic rings. The average Bonchev–Trinajstić information content (AvgIpc) is 2.59. The molecule has 0 spiro atoms. The normalized spacial score (nSPS) is 24.4. The fourth-order valence-electron chi connectivity index (χ4n) is 1.91. The number of nitrogens with two attached hydrogens (primary N) is 1. The van der Waals surface area contributed by atoms with Crippen LogP contribution in [0, 0.1) is 5.92 Å². The first-order valence-corrected chi connectivity index (χ1v) is 5.47. The standard InChI is InChI=1S/C11H15F2N3O/c1-7-5-16(6-9(7)14)10-3-2-8(4-15-10)17-11(12)13/h2-4,7,9,11H,5-6,14H2,1H3. The number of halogens is 2. The quantitative estimate of drug-likeness (QED) is 0.873. The van der Waals surface area contributed by atoms with Crippen molar-refractivity contribution in [3.05, 3.63) is 18.3 Å². The van der Waals surface area contributed by atoms with Crippen molar-refractivity contribution in [1.29, 1.82) is 0 Å². The summed E-state index contributed by atoms with van der Waals surface area (Å²) in [4.78, 5) is 6.14. The topological polar surface area (TPSA) is 51.4 Å². The van der Waals surface area contributed by atoms with Crippen LogP contribution in [0.2, 0.25) is 0 Å². The highest BCUT2D eigenvalue weighted by Crippen LogP contribution is 2.23. The first-order chi connectivity index (χ1) is 8.06. The highest BCUT2D eigenvalue weighted by Gasteiger charge is 2.27. The minimum absolute atomic E-state index is 0.0697. The second kappa shape index (κ2) is 4.83. The Morgan fingerprint density at radius 2 is 2.24 bits per heavy atom. The van der Waals surface area contributed by atoms with Gasteiger partial charge in [-0.3, -0.25) is 0 Å². The van der Waals surface area contributed by atoms with Gasteiger partial charge in [0.05, 0.1) is 6.20 Å². The van der Waals surface area contributed by atoms with Crippen LogP contribution in [0.25, 0.3) is 0 Å². The molecule has 94 valence electrons. The first-order valence-electron chi connectivity index (χ1n) is 5.47. The van der Waals surface area contributed by atoms with Gasteiger partial charge in [0.1, 0.15) is 11.6 Å². The van der Waals surface area contributed by atoms with Gasteiger partial charge in [0.15, 0.2) is 0 Å². The third kappa shape index (κ3) is 2.82. The van der Waals surface area contributed by atoms with E-state index in [4.69, 9.17) is 5.73 Å². The van der Waals surface area contributed by atoms with Crippen molar-refractivity contribution in [1.82, 2.24) is 4.98 Å². The predicted molar refractivity (Wildman–Crippen MR) is 60.2 cm³/mol. The summed E-state index contributed by atoms with van der Waals surface area (Å²) >= 11 is 0. The van der Waals surface area contributed by atoms with Crippen LogP contribution in [0.15, 0.2) is 18.3 Å². The van der Waals surface area contributed by atoms with Gasteiger partial charge in [-0.15, -0.1) is 0 Å². The zero-order valence-corrected chi connectivity index (χ0v) is 9.51. The number of rotatable bonds is 3. The van der Waals surface area contributed by atoms with Gasteiger partial charge in [0.2, 0.25) is 0 Å². The third-order valence-electron chi connectivity index (χ3n) is 2.94. The SMILES string of the molecule is CC1CN(c2ccc(OC(F)F)cn2)CC1N. The lowest BCUT2D eigenvalue weighted by atomic mass is 10.1. The van der Waals surface area contributed by atoms with Crippen molar-refractivity contribution in [2.45, 2.75) is 19.6 Å². The van der Waals surface area contributed by atoms with Crippen molar-refractivity contribution in [2.24, 2.45) is 11.7 Å². The molecule has 1 saturated heterocycles. The molecule has 0 aliphatic carbocycles. The van der Waals surface area contributed by atoms with E-state index >= 15 is 0 Å². The molecule has 0 amide bonds. The zero-order chi connectivity index (χ0) is 12.4. The molecule has 0 saturated carbocycles. The number of alkyl halides is 2. The van der Waals surface area contributed by atoms with Gasteiger partial charge < -0.3 is 15.4 Å². The fourth-order valence-corrected chi connectivity index (χ4v) is 1.91. The molecule has 0 aromatic carbocycles. The summed E-state index contributed by atoms with van der Waals surface area (Å²) < 4.78 is 28.1. The van der Waals surface area contributed by atoms with Gasteiger partial charge in [0.25, 0.3) is 0 Å². The van der Waals surface area contributed by atoms with Crippen LogP contribution in [0.4, 0.5) is 14.6 Å². The molecule has 2 heterocycles. The minimum Gasteiger partial charge on any atom is -0.433 e. The largest absolute Gasteiger partial charge is 0.433 e. The molecule has 6 heteroatoms. The van der Waals surface area contributed by atoms with E-state index in [1.807, 2.05) is 4.90 Å². The maximum absolute atomic E-state index is 11.9. The summed E-state index contributed by atoms with van der Waals surface area (Å²) in [5.74, 6) is 1.22. The minimum atomic E-state index is -2.82. The van der Waals surface area contributed by atoms with Crippen LogP contribution in [0.3, 0.4) is 0 Å². The number of pyridine rings is 1. The number of hydrogen-bond donors (Lipinski definition) is 1. The Labute approximate surface area is 98.4 Å². The first kappa shape index (κ1) is 12.0. The van der Waals surface area contributed by atoms with Gasteiger partial charge >= 0.3 is 6.61 Å². The Morgan fingerprint density at radius 3 is 2.71 bits per heavy atom. The van der Waals surface area contributed by atoms with Crippen LogP contribution in [-0.4, -0.2) is 30.7 Å².